The van der Waals surface area contributed by atoms with Crippen LogP contribution in [-0.4, -0.2) is 34.8 Å². The van der Waals surface area contributed by atoms with Crippen LogP contribution in [0, 0.1) is 11.8 Å². The van der Waals surface area contributed by atoms with E-state index in [0.717, 1.165) is 38.1 Å². The Morgan fingerprint density at radius 3 is 2.44 bits per heavy atom. The molecule has 0 aromatic heterocycles. The normalized spacial score (nSPS) is 38.1. The first kappa shape index (κ1) is 12.0. The molecule has 100 valence electrons. The van der Waals surface area contributed by atoms with Crippen molar-refractivity contribution in [2.45, 2.75) is 57.5 Å². The predicted molar refractivity (Wildman–Crippen MR) is 67.8 cm³/mol. The summed E-state index contributed by atoms with van der Waals surface area (Å²) >= 11 is 0. The van der Waals surface area contributed by atoms with Crippen LogP contribution in [-0.2, 0) is 9.59 Å². The van der Waals surface area contributed by atoms with Crippen LogP contribution in [0.4, 0.5) is 0 Å². The van der Waals surface area contributed by atoms with Gasteiger partial charge in [0.2, 0.25) is 11.8 Å². The van der Waals surface area contributed by atoms with Gasteiger partial charge in [-0.25, -0.2) is 0 Å². The summed E-state index contributed by atoms with van der Waals surface area (Å²) in [6.07, 6.45) is 4.94. The average Bonchev–Trinajstić information content (AvgIpc) is 2.84. The highest BCUT2D eigenvalue weighted by atomic mass is 16.2. The highest BCUT2D eigenvalue weighted by molar-refractivity contribution is 5.99. The van der Waals surface area contributed by atoms with Gasteiger partial charge in [0.15, 0.2) is 0 Å². The van der Waals surface area contributed by atoms with E-state index in [1.807, 2.05) is 11.8 Å². The molecule has 1 spiro atoms. The van der Waals surface area contributed by atoms with Crippen molar-refractivity contribution >= 4 is 11.8 Å². The van der Waals surface area contributed by atoms with Gasteiger partial charge < -0.3 is 10.2 Å². The summed E-state index contributed by atoms with van der Waals surface area (Å²) in [6.45, 7) is 4.84. The number of carbonyl (C=O) groups excluding carboxylic acids is 2. The minimum Gasteiger partial charge on any atom is -0.340 e. The number of nitrogens with zero attached hydrogens (tertiary/aromatic N) is 1. The largest absolute Gasteiger partial charge is 0.340 e. The summed E-state index contributed by atoms with van der Waals surface area (Å²) in [6, 6.07) is -0.295. The second-order valence-corrected chi connectivity index (χ2v) is 6.39. The van der Waals surface area contributed by atoms with Gasteiger partial charge >= 0.3 is 0 Å². The fourth-order valence-electron chi connectivity index (χ4n) is 3.45. The first-order chi connectivity index (χ1) is 8.53. The Bertz CT molecular complexity index is 387. The fraction of sp³-hybridized carbons (Fsp3) is 0.857. The van der Waals surface area contributed by atoms with Gasteiger partial charge in [0.1, 0.15) is 11.6 Å². The molecular weight excluding hydrogens is 228 g/mol. The molecule has 1 heterocycles. The molecule has 1 saturated heterocycles. The van der Waals surface area contributed by atoms with Crippen LogP contribution in [0.25, 0.3) is 0 Å². The van der Waals surface area contributed by atoms with E-state index in [0.29, 0.717) is 5.92 Å². The van der Waals surface area contributed by atoms with Crippen molar-refractivity contribution in [3.8, 4) is 0 Å². The molecule has 3 fully saturated rings. The Morgan fingerprint density at radius 2 is 1.89 bits per heavy atom. The van der Waals surface area contributed by atoms with Gasteiger partial charge in [-0.2, -0.15) is 0 Å². The number of piperazine rings is 1. The molecule has 0 radical (unpaired) electrons. The summed E-state index contributed by atoms with van der Waals surface area (Å²) in [4.78, 5) is 26.6. The van der Waals surface area contributed by atoms with E-state index in [1.54, 1.807) is 0 Å². The van der Waals surface area contributed by atoms with E-state index in [9.17, 15) is 9.59 Å². The summed E-state index contributed by atoms with van der Waals surface area (Å²) in [5.74, 6) is 1.53. The maximum atomic E-state index is 12.7. The van der Waals surface area contributed by atoms with Crippen LogP contribution in [0.3, 0.4) is 0 Å². The minimum atomic E-state index is -0.554. The Labute approximate surface area is 108 Å². The van der Waals surface area contributed by atoms with Gasteiger partial charge in [0, 0.05) is 6.54 Å². The second kappa shape index (κ2) is 3.97. The zero-order valence-electron chi connectivity index (χ0n) is 11.2. The predicted octanol–water partition coefficient (Wildman–Crippen LogP) is 1.30. The molecule has 3 rings (SSSR count). The topological polar surface area (TPSA) is 49.4 Å². The monoisotopic (exact) mass is 250 g/mol. The van der Waals surface area contributed by atoms with Crippen LogP contribution in [0.5, 0.6) is 0 Å². The Balaban J connectivity index is 1.81. The molecule has 4 nitrogen and oxygen atoms in total. The lowest BCUT2D eigenvalue weighted by Crippen LogP contribution is -2.69. The molecule has 3 aliphatic rings. The zero-order chi connectivity index (χ0) is 12.9. The molecular formula is C14H22N2O2. The number of amides is 2. The first-order valence-electron chi connectivity index (χ1n) is 7.16. The first-order valence-corrected chi connectivity index (χ1v) is 7.16. The Kier molecular flexibility index (Phi) is 2.65. The molecule has 4 heteroatoms. The van der Waals surface area contributed by atoms with Gasteiger partial charge in [-0.05, 0) is 38.0 Å². The van der Waals surface area contributed by atoms with Crippen LogP contribution in [0.1, 0.15) is 46.0 Å². The lowest BCUT2D eigenvalue weighted by molar-refractivity contribution is -0.154. The number of hydrogen-bond acceptors (Lipinski definition) is 2. The van der Waals surface area contributed by atoms with Gasteiger partial charge in [-0.1, -0.05) is 19.8 Å². The standard InChI is InChI=1S/C14H22N2O2/c1-9-7-11(9)8-16-10(2)12(17)15-14(13(16)18)5-3-4-6-14/h9-11H,3-8H2,1-2H3,(H,15,17). The number of carbonyl (C=O) groups is 2. The highest BCUT2D eigenvalue weighted by Gasteiger charge is 2.52. The second-order valence-electron chi connectivity index (χ2n) is 6.39. The molecule has 0 aromatic rings. The van der Waals surface area contributed by atoms with Gasteiger partial charge in [0.05, 0.1) is 0 Å². The van der Waals surface area contributed by atoms with E-state index >= 15 is 0 Å². The Hall–Kier alpha value is -1.06. The molecule has 18 heavy (non-hydrogen) atoms. The highest BCUT2D eigenvalue weighted by Crippen LogP contribution is 2.41. The van der Waals surface area contributed by atoms with Gasteiger partial charge in [0.25, 0.3) is 0 Å². The van der Waals surface area contributed by atoms with E-state index in [-0.39, 0.29) is 17.9 Å². The SMILES string of the molecule is CC1CC1CN1C(=O)C2(CCCC2)NC(=O)C1C. The van der Waals surface area contributed by atoms with Crippen LogP contribution < -0.4 is 5.32 Å². The third-order valence-corrected chi connectivity index (χ3v) is 5.04. The summed E-state index contributed by atoms with van der Waals surface area (Å²) < 4.78 is 0. The van der Waals surface area contributed by atoms with Crippen molar-refractivity contribution in [1.82, 2.24) is 10.2 Å². The van der Waals surface area contributed by atoms with Crippen molar-refractivity contribution in [2.24, 2.45) is 11.8 Å². The van der Waals surface area contributed by atoms with E-state index < -0.39 is 5.54 Å². The molecule has 3 atom stereocenters. The van der Waals surface area contributed by atoms with Crippen LogP contribution in [0.15, 0.2) is 0 Å². The molecule has 1 aliphatic heterocycles. The quantitative estimate of drug-likeness (QED) is 0.803. The van der Waals surface area contributed by atoms with Crippen molar-refractivity contribution in [2.75, 3.05) is 6.54 Å². The van der Waals surface area contributed by atoms with Crippen molar-refractivity contribution in [1.29, 1.82) is 0 Å². The lowest BCUT2D eigenvalue weighted by Gasteiger charge is -2.43. The molecule has 1 N–H and O–H groups in total. The number of hydrogen-bond donors (Lipinski definition) is 1. The summed E-state index contributed by atoms with van der Waals surface area (Å²) in [5, 5.41) is 3.00. The maximum absolute atomic E-state index is 12.7. The van der Waals surface area contributed by atoms with Crippen LogP contribution >= 0.6 is 0 Å². The minimum absolute atomic E-state index is 0.0322. The van der Waals surface area contributed by atoms with E-state index in [4.69, 9.17) is 0 Å². The zero-order valence-corrected chi connectivity index (χ0v) is 11.2. The summed E-state index contributed by atoms with van der Waals surface area (Å²) in [7, 11) is 0. The fourth-order valence-corrected chi connectivity index (χ4v) is 3.45. The Morgan fingerprint density at radius 1 is 1.28 bits per heavy atom. The molecule has 0 bridgehead atoms. The lowest BCUT2D eigenvalue weighted by atomic mass is 9.91. The maximum Gasteiger partial charge on any atom is 0.249 e. The van der Waals surface area contributed by atoms with Crippen molar-refractivity contribution < 1.29 is 9.59 Å². The third-order valence-electron chi connectivity index (χ3n) is 5.04. The van der Waals surface area contributed by atoms with Crippen molar-refractivity contribution in [3.05, 3.63) is 0 Å². The van der Waals surface area contributed by atoms with Gasteiger partial charge in [-0.3, -0.25) is 9.59 Å². The van der Waals surface area contributed by atoms with Gasteiger partial charge in [-0.15, -0.1) is 0 Å². The molecule has 2 aliphatic carbocycles. The summed E-state index contributed by atoms with van der Waals surface area (Å²) in [5.41, 5.74) is -0.554. The van der Waals surface area contributed by atoms with Crippen LogP contribution in [0.2, 0.25) is 0 Å². The number of nitrogens with one attached hydrogen (secondary N) is 1. The van der Waals surface area contributed by atoms with E-state index in [2.05, 4.69) is 12.2 Å². The van der Waals surface area contributed by atoms with E-state index in [1.165, 1.54) is 6.42 Å². The molecule has 2 saturated carbocycles. The molecule has 0 aromatic carbocycles. The molecule has 2 amide bonds. The molecule has 3 unspecified atom stereocenters. The average molecular weight is 250 g/mol. The van der Waals surface area contributed by atoms with Crippen molar-refractivity contribution in [3.63, 3.8) is 0 Å². The third kappa shape index (κ3) is 1.73. The number of rotatable bonds is 2. The smallest absolute Gasteiger partial charge is 0.249 e.